The number of hydrogen-bond acceptors (Lipinski definition) is 25. The standard InChI is InChI=1S/C22H24N6O18S6.4Na/c23-20-17(27-26-16-6-5-15(11-18(16)47-46-45-29)49(32,33)10-8-44-52(40,41)42)12-19(50(34,35)36)21(24)22(20)28-25-13-1-3-14(4-2-13)48(30,31)9-7-43-51(37,38)39;;;;/h1-6,11-12,29H,7-10,23-24H2,(H,34,35,36)(H,37,38,39)(H,40,41,42);;;;/q;4*+1/p-4. The topological polar surface area (TPSA) is 401 Å². The van der Waals surface area contributed by atoms with Crippen molar-refractivity contribution in [2.24, 2.45) is 20.5 Å². The molecule has 0 bridgehead atoms. The van der Waals surface area contributed by atoms with Crippen LogP contribution in [0.2, 0.25) is 0 Å². The maximum Gasteiger partial charge on any atom is 1.00 e. The molecule has 3 aromatic carbocycles. The molecule has 286 valence electrons. The number of azo groups is 2. The van der Waals surface area contributed by atoms with E-state index in [0.29, 0.717) is 6.07 Å². The van der Waals surface area contributed by atoms with Crippen LogP contribution in [-0.4, -0.2) is 80.5 Å². The first kappa shape index (κ1) is 58.3. The Hall–Kier alpha value is 0.240. The largest absolute Gasteiger partial charge is 1.00 e. The van der Waals surface area contributed by atoms with Gasteiger partial charge in [0, 0.05) is 0 Å². The van der Waals surface area contributed by atoms with E-state index in [-0.39, 0.29) is 151 Å². The molecule has 24 nitrogen and oxygen atoms in total. The van der Waals surface area contributed by atoms with Gasteiger partial charge in [-0.1, -0.05) is 0 Å². The first-order valence-corrected chi connectivity index (χ1v) is 21.1. The Labute approximate surface area is 412 Å². The quantitative estimate of drug-likeness (QED) is 0.0175. The van der Waals surface area contributed by atoms with Crippen LogP contribution in [-0.2, 0) is 68.3 Å². The van der Waals surface area contributed by atoms with Crippen LogP contribution in [0.1, 0.15) is 0 Å². The molecule has 0 spiro atoms. The van der Waals surface area contributed by atoms with Crippen LogP contribution in [0.25, 0.3) is 0 Å². The Balaban J connectivity index is 0. The Kier molecular flexibility index (Phi) is 25.6. The van der Waals surface area contributed by atoms with E-state index in [2.05, 4.69) is 38.2 Å². The van der Waals surface area contributed by atoms with E-state index in [4.69, 9.17) is 11.5 Å². The predicted molar refractivity (Wildman–Crippen MR) is 168 cm³/mol. The van der Waals surface area contributed by atoms with Crippen molar-refractivity contribution in [3.8, 4) is 0 Å². The number of rotatable bonds is 18. The fraction of sp³-hybridized carbons (Fsp3) is 0.182. The molecule has 0 aliphatic carbocycles. The maximum atomic E-state index is 12.6. The Morgan fingerprint density at radius 3 is 1.57 bits per heavy atom. The molecule has 0 saturated heterocycles. The summed E-state index contributed by atoms with van der Waals surface area (Å²) < 4.78 is 161. The molecule has 0 unspecified atom stereocenters. The number of sulfone groups is 2. The van der Waals surface area contributed by atoms with E-state index in [1.807, 2.05) is 0 Å². The molecule has 0 aromatic heterocycles. The molecule has 0 atom stereocenters. The predicted octanol–water partition coefficient (Wildman–Crippen LogP) is -11.7. The van der Waals surface area contributed by atoms with E-state index < -0.39 is 108 Å². The van der Waals surface area contributed by atoms with Crippen molar-refractivity contribution >= 4 is 96.8 Å². The molecule has 0 amide bonds. The molecule has 4 N–H and O–H groups in total. The molecule has 0 radical (unpaired) electrons. The van der Waals surface area contributed by atoms with E-state index in [9.17, 15) is 61.0 Å². The second-order valence-electron chi connectivity index (χ2n) is 9.36. The summed E-state index contributed by atoms with van der Waals surface area (Å²) in [5.41, 5.74) is 9.12. The molecule has 3 aromatic rings. The third-order valence-corrected chi connectivity index (χ3v) is 11.7. The smallest absolute Gasteiger partial charge is 0.744 e. The van der Waals surface area contributed by atoms with E-state index in [1.165, 1.54) is 0 Å². The van der Waals surface area contributed by atoms with Crippen LogP contribution in [0.4, 0.5) is 34.1 Å². The van der Waals surface area contributed by atoms with Crippen LogP contribution in [0.5, 0.6) is 0 Å². The zero-order chi connectivity index (χ0) is 39.1. The summed E-state index contributed by atoms with van der Waals surface area (Å²) >= 11 is 0.129. The Morgan fingerprint density at radius 2 is 1.09 bits per heavy atom. The van der Waals surface area contributed by atoms with E-state index >= 15 is 0 Å². The van der Waals surface area contributed by atoms with Gasteiger partial charge < -0.3 is 30.4 Å². The van der Waals surface area contributed by atoms with Crippen LogP contribution in [0.3, 0.4) is 0 Å². The SMILES string of the molecule is Nc1c(N=Nc2ccc(S(=O)(=O)CCOS(=O)(=O)[O-])cc2SOO[O-])cc(S(=O)(=O)[O-])c(N)c1N=Nc1ccc(S(=O)(=O)CCOS(=O)(=O)[O-])cc1.[Na+].[Na+].[Na+].[Na+]. The summed E-state index contributed by atoms with van der Waals surface area (Å²) in [5, 5.41) is 28.8. The van der Waals surface area contributed by atoms with Crippen LogP contribution < -0.4 is 135 Å². The summed E-state index contributed by atoms with van der Waals surface area (Å²) in [7, 11) is -24.1. The summed E-state index contributed by atoms with van der Waals surface area (Å²) in [5.74, 6) is -1.84. The van der Waals surface area contributed by atoms with Crippen LogP contribution in [0.15, 0.2) is 88.6 Å². The van der Waals surface area contributed by atoms with Crippen molar-refractivity contribution in [1.29, 1.82) is 0 Å². The third-order valence-electron chi connectivity index (χ3n) is 5.92. The monoisotopic (exact) mass is 940 g/mol. The fourth-order valence-electron chi connectivity index (χ4n) is 3.61. The zero-order valence-corrected chi connectivity index (χ0v) is 42.1. The molecule has 0 aliphatic rings. The summed E-state index contributed by atoms with van der Waals surface area (Å²) in [6.07, 6.45) is 0. The van der Waals surface area contributed by atoms with Crippen molar-refractivity contribution in [3.05, 3.63) is 48.5 Å². The fourth-order valence-corrected chi connectivity index (χ4v) is 7.76. The Morgan fingerprint density at radius 1 is 0.607 bits per heavy atom. The molecule has 34 heteroatoms. The van der Waals surface area contributed by atoms with Gasteiger partial charge >= 0.3 is 118 Å². The van der Waals surface area contributed by atoms with E-state index in [1.54, 1.807) is 0 Å². The molecule has 0 saturated carbocycles. The van der Waals surface area contributed by atoms with Gasteiger partial charge in [-0.15, -0.1) is 15.3 Å². The molecule has 3 rings (SSSR count). The van der Waals surface area contributed by atoms with Gasteiger partial charge in [-0.05, 0) is 48.5 Å². The first-order valence-electron chi connectivity index (χ1n) is 13.0. The number of anilines is 2. The minimum atomic E-state index is -5.34. The summed E-state index contributed by atoms with van der Waals surface area (Å²) in [6, 6.07) is 7.72. The second-order valence-corrected chi connectivity index (χ2v) is 17.8. The minimum Gasteiger partial charge on any atom is -0.744 e. The average molecular weight is 941 g/mol. The van der Waals surface area contributed by atoms with Crippen molar-refractivity contribution in [3.63, 3.8) is 0 Å². The van der Waals surface area contributed by atoms with Gasteiger partial charge in [0.1, 0.15) is 27.2 Å². The van der Waals surface area contributed by atoms with Gasteiger partial charge in [0.25, 0.3) is 0 Å². The number of nitrogens with zero attached hydrogens (tertiary/aromatic N) is 4. The van der Waals surface area contributed by atoms with Gasteiger partial charge in [-0.25, -0.2) is 42.1 Å². The summed E-state index contributed by atoms with van der Waals surface area (Å²) in [4.78, 5) is -2.19. The second kappa shape index (κ2) is 24.6. The zero-order valence-electron chi connectivity index (χ0n) is 29.2. The molecule has 0 aliphatic heterocycles. The van der Waals surface area contributed by atoms with Crippen LogP contribution in [0, 0.1) is 0 Å². The molecule has 0 heterocycles. The van der Waals surface area contributed by atoms with Crippen molar-refractivity contribution < 1.29 is 197 Å². The maximum absolute atomic E-state index is 12.6. The van der Waals surface area contributed by atoms with Crippen LogP contribution >= 0.6 is 12.0 Å². The van der Waals surface area contributed by atoms with Gasteiger partial charge in [0.05, 0.1) is 73.4 Å². The number of benzene rings is 3. The minimum absolute atomic E-state index is 0. The van der Waals surface area contributed by atoms with Gasteiger partial charge in [0.2, 0.25) is 20.8 Å². The first-order chi connectivity index (χ1) is 23.9. The molecule has 0 fully saturated rings. The average Bonchev–Trinajstić information content (AvgIpc) is 3.01. The molecule has 56 heavy (non-hydrogen) atoms. The van der Waals surface area contributed by atoms with Gasteiger partial charge in [-0.2, -0.15) is 9.45 Å². The number of hydrogen-bond donors (Lipinski definition) is 2. The normalized spacial score (nSPS) is 12.4. The molecular weight excluding hydrogens is 921 g/mol. The van der Waals surface area contributed by atoms with Gasteiger partial charge in [0.15, 0.2) is 19.7 Å². The number of nitrogens with two attached hydrogens (primary N) is 2. The molecular formula is C22H20N6Na4O18S6. The Bertz CT molecular complexity index is 2440. The number of nitrogen functional groups attached to an aromatic ring is 2. The van der Waals surface area contributed by atoms with Gasteiger partial charge in [-0.3, -0.25) is 13.4 Å². The summed E-state index contributed by atoms with van der Waals surface area (Å²) in [6.45, 7) is -1.97. The third kappa shape index (κ3) is 18.5. The van der Waals surface area contributed by atoms with E-state index in [0.717, 1.165) is 42.5 Å². The van der Waals surface area contributed by atoms with Crippen molar-refractivity contribution in [2.75, 3.05) is 36.2 Å². The van der Waals surface area contributed by atoms with Crippen molar-refractivity contribution in [1.82, 2.24) is 0 Å². The van der Waals surface area contributed by atoms with Crippen molar-refractivity contribution in [2.45, 2.75) is 19.6 Å².